The highest BCUT2D eigenvalue weighted by atomic mass is 32.2. The maximum absolute atomic E-state index is 11.9. The van der Waals surface area contributed by atoms with Crippen molar-refractivity contribution in [3.05, 3.63) is 35.9 Å². The third-order valence-electron chi connectivity index (χ3n) is 3.00. The minimum atomic E-state index is 0.0964. The highest BCUT2D eigenvalue weighted by Gasteiger charge is 2.19. The summed E-state index contributed by atoms with van der Waals surface area (Å²) in [6.07, 6.45) is 3.38. The quantitative estimate of drug-likeness (QED) is 0.716. The van der Waals surface area contributed by atoms with Gasteiger partial charge in [0.15, 0.2) is 0 Å². The minimum Gasteiger partial charge on any atom is -0.299 e. The molecule has 18 heavy (non-hydrogen) atoms. The second kappa shape index (κ2) is 7.70. The molecule has 1 aromatic rings. The lowest BCUT2D eigenvalue weighted by Crippen LogP contribution is -2.14. The van der Waals surface area contributed by atoms with Crippen LogP contribution < -0.4 is 0 Å². The fourth-order valence-electron chi connectivity index (χ4n) is 1.80. The number of carbonyl (C=O) groups excluding carboxylic acids is 1. The van der Waals surface area contributed by atoms with Crippen molar-refractivity contribution in [2.75, 3.05) is 6.26 Å². The Labute approximate surface area is 119 Å². The molecule has 1 rings (SSSR count). The average molecular weight is 280 g/mol. The van der Waals surface area contributed by atoms with E-state index in [1.54, 1.807) is 11.8 Å². The Morgan fingerprint density at radius 3 is 2.33 bits per heavy atom. The largest absolute Gasteiger partial charge is 0.299 e. The molecule has 0 saturated carbocycles. The van der Waals surface area contributed by atoms with Gasteiger partial charge in [-0.05, 0) is 24.2 Å². The van der Waals surface area contributed by atoms with Gasteiger partial charge in [0.25, 0.3) is 0 Å². The van der Waals surface area contributed by atoms with E-state index < -0.39 is 0 Å². The highest BCUT2D eigenvalue weighted by Crippen LogP contribution is 2.27. The van der Waals surface area contributed by atoms with E-state index in [0.717, 1.165) is 10.6 Å². The van der Waals surface area contributed by atoms with E-state index >= 15 is 0 Å². The van der Waals surface area contributed by atoms with E-state index in [4.69, 9.17) is 12.2 Å². The van der Waals surface area contributed by atoms with Crippen LogP contribution in [0.25, 0.3) is 0 Å². The molecule has 3 heteroatoms. The summed E-state index contributed by atoms with van der Waals surface area (Å²) >= 11 is 6.91. The molecule has 1 unspecified atom stereocenters. The molecular formula is C15H20OS2. The summed E-state index contributed by atoms with van der Waals surface area (Å²) in [6.45, 7) is 3.91. The van der Waals surface area contributed by atoms with Crippen LogP contribution in [0.2, 0.25) is 0 Å². The molecule has 1 atom stereocenters. The summed E-state index contributed by atoms with van der Waals surface area (Å²) in [6, 6.07) is 10.2. The Balaban J connectivity index is 2.82. The van der Waals surface area contributed by atoms with E-state index in [9.17, 15) is 4.79 Å². The smallest absolute Gasteiger partial charge is 0.136 e. The second-order valence-electron chi connectivity index (χ2n) is 4.71. The van der Waals surface area contributed by atoms with E-state index in [-0.39, 0.29) is 11.8 Å². The number of benzene rings is 1. The number of hydrogen-bond acceptors (Lipinski definition) is 3. The first-order valence-electron chi connectivity index (χ1n) is 6.19. The molecule has 0 aliphatic carbocycles. The molecule has 1 nitrogen and oxygen atoms in total. The highest BCUT2D eigenvalue weighted by molar-refractivity contribution is 8.22. The van der Waals surface area contributed by atoms with E-state index in [1.165, 1.54) is 5.56 Å². The van der Waals surface area contributed by atoms with Crippen LogP contribution >= 0.6 is 24.0 Å². The van der Waals surface area contributed by atoms with Crippen molar-refractivity contribution in [2.45, 2.75) is 32.6 Å². The predicted molar refractivity (Wildman–Crippen MR) is 84.4 cm³/mol. The zero-order valence-electron chi connectivity index (χ0n) is 11.2. The van der Waals surface area contributed by atoms with Crippen LogP contribution in [0.5, 0.6) is 0 Å². The van der Waals surface area contributed by atoms with E-state index in [2.05, 4.69) is 12.1 Å². The molecule has 1 aromatic carbocycles. The fraction of sp³-hybridized carbons (Fsp3) is 0.467. The third-order valence-corrected chi connectivity index (χ3v) is 4.29. The van der Waals surface area contributed by atoms with Gasteiger partial charge in [-0.25, -0.2) is 0 Å². The molecule has 0 saturated heterocycles. The molecule has 0 spiro atoms. The Bertz CT molecular complexity index is 398. The second-order valence-corrected chi connectivity index (χ2v) is 6.37. The summed E-state index contributed by atoms with van der Waals surface area (Å²) < 4.78 is 0.973. The van der Waals surface area contributed by atoms with Gasteiger partial charge in [-0.1, -0.05) is 56.4 Å². The minimum absolute atomic E-state index is 0.0964. The third kappa shape index (κ3) is 4.91. The average Bonchev–Trinajstić information content (AvgIpc) is 2.38. The van der Waals surface area contributed by atoms with Gasteiger partial charge in [0.1, 0.15) is 5.78 Å². The molecule has 0 bridgehead atoms. The molecule has 0 N–H and O–H groups in total. The Morgan fingerprint density at radius 1 is 1.22 bits per heavy atom. The lowest BCUT2D eigenvalue weighted by Gasteiger charge is -2.17. The van der Waals surface area contributed by atoms with Crippen LogP contribution in [-0.2, 0) is 4.79 Å². The number of hydrogen-bond donors (Lipinski definition) is 0. The van der Waals surface area contributed by atoms with Crippen molar-refractivity contribution >= 4 is 34.0 Å². The lowest BCUT2D eigenvalue weighted by atomic mass is 9.88. The summed E-state index contributed by atoms with van der Waals surface area (Å²) in [4.78, 5) is 11.9. The standard InChI is InChI=1S/C15H20OS2/c1-11(2)14(16)9-13(10-15(17)18-3)12-7-5-4-6-8-12/h4-8,11,13H,9-10H2,1-3H3. The van der Waals surface area contributed by atoms with Crippen molar-refractivity contribution in [1.29, 1.82) is 0 Å². The monoisotopic (exact) mass is 280 g/mol. The van der Waals surface area contributed by atoms with Crippen molar-refractivity contribution < 1.29 is 4.79 Å². The number of rotatable bonds is 6. The number of thioether (sulfide) groups is 1. The van der Waals surface area contributed by atoms with Gasteiger partial charge in [0.2, 0.25) is 0 Å². The fourth-order valence-corrected chi connectivity index (χ4v) is 2.37. The maximum atomic E-state index is 11.9. The SMILES string of the molecule is CSC(=S)CC(CC(=O)C(C)C)c1ccccc1. The van der Waals surface area contributed by atoms with Crippen molar-refractivity contribution in [2.24, 2.45) is 5.92 Å². The molecule has 0 aliphatic heterocycles. The first kappa shape index (κ1) is 15.4. The maximum Gasteiger partial charge on any atom is 0.136 e. The van der Waals surface area contributed by atoms with Gasteiger partial charge >= 0.3 is 0 Å². The zero-order valence-corrected chi connectivity index (χ0v) is 12.8. The summed E-state index contributed by atoms with van der Waals surface area (Å²) in [7, 11) is 0. The summed E-state index contributed by atoms with van der Waals surface area (Å²) in [5.41, 5.74) is 1.21. The molecule has 0 radical (unpaired) electrons. The van der Waals surface area contributed by atoms with Crippen LogP contribution in [0.3, 0.4) is 0 Å². The predicted octanol–water partition coefficient (Wildman–Crippen LogP) is 4.47. The number of ketones is 1. The topological polar surface area (TPSA) is 17.1 Å². The van der Waals surface area contributed by atoms with Crippen molar-refractivity contribution in [3.63, 3.8) is 0 Å². The Hall–Kier alpha value is -0.670. The molecule has 0 fully saturated rings. The van der Waals surface area contributed by atoms with Gasteiger partial charge < -0.3 is 0 Å². The number of carbonyl (C=O) groups is 1. The number of thiocarbonyl (C=S) groups is 1. The van der Waals surface area contributed by atoms with Crippen molar-refractivity contribution in [1.82, 2.24) is 0 Å². The molecule has 0 heterocycles. The lowest BCUT2D eigenvalue weighted by molar-refractivity contribution is -0.122. The Morgan fingerprint density at radius 2 is 1.83 bits per heavy atom. The van der Waals surface area contributed by atoms with Crippen molar-refractivity contribution in [3.8, 4) is 0 Å². The zero-order chi connectivity index (χ0) is 13.5. The van der Waals surface area contributed by atoms with Gasteiger partial charge in [-0.3, -0.25) is 4.79 Å². The molecule has 98 valence electrons. The van der Waals surface area contributed by atoms with E-state index in [0.29, 0.717) is 12.2 Å². The summed E-state index contributed by atoms with van der Waals surface area (Å²) in [5.74, 6) is 0.632. The first-order valence-corrected chi connectivity index (χ1v) is 7.82. The molecule has 0 aromatic heterocycles. The van der Waals surface area contributed by atoms with Crippen LogP contribution in [0, 0.1) is 5.92 Å². The van der Waals surface area contributed by atoms with Crippen LogP contribution in [0.4, 0.5) is 0 Å². The van der Waals surface area contributed by atoms with Crippen LogP contribution in [0.15, 0.2) is 30.3 Å². The van der Waals surface area contributed by atoms with Gasteiger partial charge in [-0.15, -0.1) is 11.8 Å². The van der Waals surface area contributed by atoms with Gasteiger partial charge in [0, 0.05) is 16.5 Å². The molecular weight excluding hydrogens is 260 g/mol. The van der Waals surface area contributed by atoms with E-state index in [1.807, 2.05) is 38.3 Å². The summed E-state index contributed by atoms with van der Waals surface area (Å²) in [5, 5.41) is 0. The molecule has 0 aliphatic rings. The van der Waals surface area contributed by atoms with Crippen LogP contribution in [0.1, 0.15) is 38.2 Å². The number of Topliss-reactive ketones (excluding diaryl/α,β-unsaturated/α-hetero) is 1. The normalized spacial score (nSPS) is 12.4. The van der Waals surface area contributed by atoms with Gasteiger partial charge in [-0.2, -0.15) is 0 Å². The van der Waals surface area contributed by atoms with Crippen LogP contribution in [-0.4, -0.2) is 16.2 Å². The molecule has 0 amide bonds. The Kier molecular flexibility index (Phi) is 6.58. The van der Waals surface area contributed by atoms with Gasteiger partial charge in [0.05, 0.1) is 0 Å². The first-order chi connectivity index (χ1) is 8.54.